The minimum absolute atomic E-state index is 0.0965. The molecule has 1 aromatic rings. The van der Waals surface area contributed by atoms with Crippen molar-refractivity contribution in [3.8, 4) is 0 Å². The third-order valence-corrected chi connectivity index (χ3v) is 2.78. The minimum atomic E-state index is -0.274. The van der Waals surface area contributed by atoms with E-state index >= 15 is 0 Å². The highest BCUT2D eigenvalue weighted by Gasteiger charge is 2.17. The molecule has 0 aromatic heterocycles. The van der Waals surface area contributed by atoms with Gasteiger partial charge in [0.25, 0.3) is 0 Å². The molecule has 0 atom stereocenters. The largest absolute Gasteiger partial charge is 0.334 e. The maximum Gasteiger partial charge on any atom is 0.317 e. The summed E-state index contributed by atoms with van der Waals surface area (Å²) in [7, 11) is 0. The number of likely N-dealkylation sites (tertiary alicyclic amines) is 1. The Labute approximate surface area is 94.3 Å². The third kappa shape index (κ3) is 2.51. The average Bonchev–Trinajstić information content (AvgIpc) is 2.81. The summed E-state index contributed by atoms with van der Waals surface area (Å²) in [5, 5.41) is 2.73. The zero-order valence-electron chi connectivity index (χ0n) is 9.08. The van der Waals surface area contributed by atoms with Crippen LogP contribution >= 0.6 is 0 Å². The van der Waals surface area contributed by atoms with Crippen LogP contribution < -0.4 is 5.32 Å². The number of benzene rings is 1. The molecular weight excluding hydrogens is 207 g/mol. The van der Waals surface area contributed by atoms with Crippen LogP contribution in [0.3, 0.4) is 0 Å². The summed E-state index contributed by atoms with van der Waals surface area (Å²) in [5.74, 6) is -0.274. The van der Waals surface area contributed by atoms with E-state index in [-0.39, 0.29) is 18.4 Å². The van der Waals surface area contributed by atoms with Crippen molar-refractivity contribution in [3.05, 3.63) is 35.6 Å². The maximum absolute atomic E-state index is 13.3. The lowest BCUT2D eigenvalue weighted by molar-refractivity contribution is 0.208. The molecule has 2 rings (SSSR count). The van der Waals surface area contributed by atoms with E-state index in [2.05, 4.69) is 5.32 Å². The van der Waals surface area contributed by atoms with Crippen LogP contribution in [0.2, 0.25) is 0 Å². The first kappa shape index (κ1) is 10.9. The molecule has 3 nitrogen and oxygen atoms in total. The molecule has 1 heterocycles. The minimum Gasteiger partial charge on any atom is -0.334 e. The quantitative estimate of drug-likeness (QED) is 0.816. The molecule has 1 aliphatic rings. The third-order valence-electron chi connectivity index (χ3n) is 2.78. The second-order valence-electron chi connectivity index (χ2n) is 3.94. The second-order valence-corrected chi connectivity index (χ2v) is 3.94. The van der Waals surface area contributed by atoms with E-state index < -0.39 is 0 Å². The zero-order valence-corrected chi connectivity index (χ0v) is 9.08. The summed E-state index contributed by atoms with van der Waals surface area (Å²) in [6, 6.07) is 6.39. The number of rotatable bonds is 2. The molecule has 2 amide bonds. The second kappa shape index (κ2) is 4.96. The van der Waals surface area contributed by atoms with E-state index in [4.69, 9.17) is 0 Å². The standard InChI is InChI=1S/C12H15FN2O/c13-11-6-2-1-5-10(11)9-14-12(16)15-7-3-4-8-15/h1-2,5-6H,3-4,7-9H2,(H,14,16). The fourth-order valence-corrected chi connectivity index (χ4v) is 1.84. The molecule has 0 aliphatic carbocycles. The summed E-state index contributed by atoms with van der Waals surface area (Å²) in [4.78, 5) is 13.4. The summed E-state index contributed by atoms with van der Waals surface area (Å²) < 4.78 is 13.3. The van der Waals surface area contributed by atoms with Gasteiger partial charge in [0.2, 0.25) is 0 Å². The Morgan fingerprint density at radius 3 is 2.69 bits per heavy atom. The summed E-state index contributed by atoms with van der Waals surface area (Å²) in [6.45, 7) is 1.87. The number of nitrogens with one attached hydrogen (secondary N) is 1. The highest BCUT2D eigenvalue weighted by atomic mass is 19.1. The van der Waals surface area contributed by atoms with Crippen molar-refractivity contribution >= 4 is 6.03 Å². The maximum atomic E-state index is 13.3. The van der Waals surface area contributed by atoms with Crippen LogP contribution in [0.15, 0.2) is 24.3 Å². The van der Waals surface area contributed by atoms with Crippen molar-refractivity contribution in [1.29, 1.82) is 0 Å². The Kier molecular flexibility index (Phi) is 3.39. The Hall–Kier alpha value is -1.58. The number of hydrogen-bond donors (Lipinski definition) is 1. The smallest absolute Gasteiger partial charge is 0.317 e. The molecule has 0 unspecified atom stereocenters. The Bertz CT molecular complexity index is 375. The van der Waals surface area contributed by atoms with E-state index in [1.807, 2.05) is 0 Å². The molecular formula is C12H15FN2O. The Morgan fingerprint density at radius 2 is 2.00 bits per heavy atom. The monoisotopic (exact) mass is 222 g/mol. The van der Waals surface area contributed by atoms with Gasteiger partial charge in [0, 0.05) is 25.2 Å². The molecule has 1 fully saturated rings. The van der Waals surface area contributed by atoms with Crippen molar-refractivity contribution in [2.75, 3.05) is 13.1 Å². The van der Waals surface area contributed by atoms with Gasteiger partial charge in [0.1, 0.15) is 5.82 Å². The highest BCUT2D eigenvalue weighted by molar-refractivity contribution is 5.74. The lowest BCUT2D eigenvalue weighted by Crippen LogP contribution is -2.37. The molecule has 0 radical (unpaired) electrons. The van der Waals surface area contributed by atoms with Gasteiger partial charge in [-0.15, -0.1) is 0 Å². The van der Waals surface area contributed by atoms with Gasteiger partial charge in [-0.2, -0.15) is 0 Å². The molecule has 1 saturated heterocycles. The van der Waals surface area contributed by atoms with Gasteiger partial charge in [0.15, 0.2) is 0 Å². The van der Waals surface area contributed by atoms with E-state index in [0.29, 0.717) is 5.56 Å². The number of hydrogen-bond acceptors (Lipinski definition) is 1. The molecule has 16 heavy (non-hydrogen) atoms. The van der Waals surface area contributed by atoms with Crippen LogP contribution in [-0.4, -0.2) is 24.0 Å². The van der Waals surface area contributed by atoms with E-state index in [0.717, 1.165) is 25.9 Å². The van der Waals surface area contributed by atoms with Crippen molar-refractivity contribution in [2.24, 2.45) is 0 Å². The van der Waals surface area contributed by atoms with Crippen molar-refractivity contribution in [1.82, 2.24) is 10.2 Å². The van der Waals surface area contributed by atoms with E-state index in [1.165, 1.54) is 6.07 Å². The van der Waals surface area contributed by atoms with Gasteiger partial charge in [-0.1, -0.05) is 18.2 Å². The van der Waals surface area contributed by atoms with Gasteiger partial charge >= 0.3 is 6.03 Å². The fraction of sp³-hybridized carbons (Fsp3) is 0.417. The molecule has 4 heteroatoms. The van der Waals surface area contributed by atoms with Crippen molar-refractivity contribution in [2.45, 2.75) is 19.4 Å². The number of carbonyl (C=O) groups is 1. The topological polar surface area (TPSA) is 32.3 Å². The first-order valence-corrected chi connectivity index (χ1v) is 5.53. The molecule has 1 aromatic carbocycles. The van der Waals surface area contributed by atoms with Gasteiger partial charge in [-0.25, -0.2) is 9.18 Å². The van der Waals surface area contributed by atoms with Crippen LogP contribution in [0, 0.1) is 5.82 Å². The lowest BCUT2D eigenvalue weighted by atomic mass is 10.2. The van der Waals surface area contributed by atoms with Crippen LogP contribution in [-0.2, 0) is 6.54 Å². The first-order valence-electron chi connectivity index (χ1n) is 5.53. The Morgan fingerprint density at radius 1 is 1.31 bits per heavy atom. The van der Waals surface area contributed by atoms with E-state index in [1.54, 1.807) is 23.1 Å². The molecule has 1 N–H and O–H groups in total. The highest BCUT2D eigenvalue weighted by Crippen LogP contribution is 2.09. The van der Waals surface area contributed by atoms with Crippen LogP contribution in [0.5, 0.6) is 0 Å². The molecule has 0 saturated carbocycles. The van der Waals surface area contributed by atoms with Crippen LogP contribution in [0.1, 0.15) is 18.4 Å². The van der Waals surface area contributed by atoms with Crippen molar-refractivity contribution < 1.29 is 9.18 Å². The molecule has 0 bridgehead atoms. The number of urea groups is 1. The zero-order chi connectivity index (χ0) is 11.4. The average molecular weight is 222 g/mol. The Balaban J connectivity index is 1.87. The predicted molar refractivity (Wildman–Crippen MR) is 59.4 cm³/mol. The molecule has 1 aliphatic heterocycles. The number of carbonyl (C=O) groups excluding carboxylic acids is 1. The molecule has 0 spiro atoms. The predicted octanol–water partition coefficient (Wildman–Crippen LogP) is 2.13. The van der Waals surface area contributed by atoms with Gasteiger partial charge in [0.05, 0.1) is 0 Å². The number of amides is 2. The van der Waals surface area contributed by atoms with Crippen molar-refractivity contribution in [3.63, 3.8) is 0 Å². The van der Waals surface area contributed by atoms with E-state index in [9.17, 15) is 9.18 Å². The fourth-order valence-electron chi connectivity index (χ4n) is 1.84. The SMILES string of the molecule is O=C(NCc1ccccc1F)N1CCCC1. The number of nitrogens with zero attached hydrogens (tertiary/aromatic N) is 1. The van der Waals surface area contributed by atoms with Crippen LogP contribution in [0.4, 0.5) is 9.18 Å². The lowest BCUT2D eigenvalue weighted by Gasteiger charge is -2.16. The summed E-state index contributed by atoms with van der Waals surface area (Å²) in [6.07, 6.45) is 2.13. The number of halogens is 1. The van der Waals surface area contributed by atoms with Gasteiger partial charge in [-0.05, 0) is 18.9 Å². The van der Waals surface area contributed by atoms with Gasteiger partial charge < -0.3 is 10.2 Å². The summed E-state index contributed by atoms with van der Waals surface area (Å²) >= 11 is 0. The summed E-state index contributed by atoms with van der Waals surface area (Å²) in [5.41, 5.74) is 0.523. The normalized spacial score (nSPS) is 15.2. The van der Waals surface area contributed by atoms with Gasteiger partial charge in [-0.3, -0.25) is 0 Å². The van der Waals surface area contributed by atoms with Crippen LogP contribution in [0.25, 0.3) is 0 Å². The first-order chi connectivity index (χ1) is 7.77. The molecule has 86 valence electrons.